The molecule has 3 aliphatic heterocycles. The normalized spacial score (nSPS) is 16.7. The molecule has 4 aromatic carbocycles. The highest BCUT2D eigenvalue weighted by atomic mass is 16.7. The Balaban J connectivity index is 1.06. The van der Waals surface area contributed by atoms with Crippen LogP contribution in [0.25, 0.3) is 16.6 Å². The quantitative estimate of drug-likeness (QED) is 0.178. The summed E-state index contributed by atoms with van der Waals surface area (Å²) >= 11 is 0. The molecular weight excluding hydrogens is 695 g/mol. The van der Waals surface area contributed by atoms with E-state index in [0.29, 0.717) is 46.2 Å². The fraction of sp³-hybridized carbons (Fsp3) is 0.273. The summed E-state index contributed by atoms with van der Waals surface area (Å²) < 4.78 is 21.2. The van der Waals surface area contributed by atoms with Gasteiger partial charge in [-0.1, -0.05) is 24.3 Å². The van der Waals surface area contributed by atoms with Crippen molar-refractivity contribution < 1.29 is 28.9 Å². The van der Waals surface area contributed by atoms with Crippen LogP contribution in [0.4, 0.5) is 11.4 Å². The minimum atomic E-state index is -0.256. The number of amides is 2. The second-order valence-electron chi connectivity index (χ2n) is 14.6. The third-order valence-corrected chi connectivity index (χ3v) is 11.1. The van der Waals surface area contributed by atoms with Gasteiger partial charge in [-0.15, -0.1) is 0 Å². The number of benzene rings is 4. The van der Waals surface area contributed by atoms with Gasteiger partial charge in [0.2, 0.25) is 6.79 Å². The molecule has 55 heavy (non-hydrogen) atoms. The molecule has 2 amide bonds. The van der Waals surface area contributed by atoms with Crippen LogP contribution in [0.5, 0.6) is 17.2 Å². The summed E-state index contributed by atoms with van der Waals surface area (Å²) in [6, 6.07) is 28.5. The monoisotopic (exact) mass is 737 g/mol. The van der Waals surface area contributed by atoms with E-state index >= 15 is 0 Å². The largest absolute Gasteiger partial charge is 0.508 e. The van der Waals surface area contributed by atoms with E-state index < -0.39 is 0 Å². The van der Waals surface area contributed by atoms with E-state index in [1.165, 1.54) is 5.56 Å². The van der Waals surface area contributed by atoms with Crippen LogP contribution in [0.2, 0.25) is 0 Å². The number of anilines is 2. The van der Waals surface area contributed by atoms with Crippen LogP contribution in [0.15, 0.2) is 103 Å². The van der Waals surface area contributed by atoms with Gasteiger partial charge in [-0.3, -0.25) is 19.4 Å². The van der Waals surface area contributed by atoms with Crippen molar-refractivity contribution in [1.29, 1.82) is 0 Å². The number of phenolic OH excluding ortho intramolecular Hbond substituents is 1. The molecule has 0 aliphatic carbocycles. The lowest BCUT2D eigenvalue weighted by Gasteiger charge is -2.35. The topological polar surface area (TPSA) is 102 Å². The Kier molecular flexibility index (Phi) is 9.03. The summed E-state index contributed by atoms with van der Waals surface area (Å²) in [4.78, 5) is 35.3. The Morgan fingerprint density at radius 1 is 0.855 bits per heavy atom. The van der Waals surface area contributed by atoms with Gasteiger partial charge in [0, 0.05) is 85.2 Å². The number of phenols is 1. The zero-order valence-corrected chi connectivity index (χ0v) is 31.0. The molecule has 0 radical (unpaired) electrons. The minimum absolute atomic E-state index is 0.0125. The summed E-state index contributed by atoms with van der Waals surface area (Å²) in [5.74, 6) is 0.792. The second kappa shape index (κ2) is 14.3. The highest BCUT2D eigenvalue weighted by Gasteiger charge is 2.32. The first-order valence-electron chi connectivity index (χ1n) is 18.8. The van der Waals surface area contributed by atoms with E-state index in [4.69, 9.17) is 14.2 Å². The molecule has 9 rings (SSSR count). The number of hydrogen-bond acceptors (Lipinski definition) is 7. The van der Waals surface area contributed by atoms with Gasteiger partial charge >= 0.3 is 0 Å². The number of carbonyl (C=O) groups excluding carboxylic acids is 2. The Hall–Kier alpha value is -6.04. The average molecular weight is 738 g/mol. The van der Waals surface area contributed by atoms with E-state index in [0.717, 1.165) is 68.0 Å². The molecule has 6 aromatic rings. The number of fused-ring (bicyclic) bond motifs is 3. The molecule has 0 bridgehead atoms. The summed E-state index contributed by atoms with van der Waals surface area (Å²) in [7, 11) is 0. The van der Waals surface area contributed by atoms with Gasteiger partial charge in [0.05, 0.1) is 30.0 Å². The molecule has 1 saturated heterocycles. The molecule has 5 heterocycles. The summed E-state index contributed by atoms with van der Waals surface area (Å²) in [5, 5.41) is 11.2. The zero-order valence-electron chi connectivity index (χ0n) is 31.0. The number of hydrogen-bond donors (Lipinski definition) is 1. The smallest absolute Gasteiger partial charge is 0.264 e. The highest BCUT2D eigenvalue weighted by molar-refractivity contribution is 6.12. The third kappa shape index (κ3) is 6.59. The maximum Gasteiger partial charge on any atom is 0.264 e. The number of nitrogens with zero attached hydrogens (tertiary/aromatic N) is 5. The molecule has 11 heteroatoms. The number of morpholine rings is 1. The molecule has 280 valence electrons. The van der Waals surface area contributed by atoms with Gasteiger partial charge in [0.1, 0.15) is 5.75 Å². The summed E-state index contributed by atoms with van der Waals surface area (Å²) in [5.41, 5.74) is 7.06. The van der Waals surface area contributed by atoms with Crippen molar-refractivity contribution in [3.05, 3.63) is 131 Å². The number of rotatable bonds is 8. The van der Waals surface area contributed by atoms with Crippen LogP contribution >= 0.6 is 0 Å². The van der Waals surface area contributed by atoms with Crippen molar-refractivity contribution >= 4 is 34.1 Å². The predicted octanol–water partition coefficient (Wildman–Crippen LogP) is 7.07. The van der Waals surface area contributed by atoms with Crippen molar-refractivity contribution in [3.8, 4) is 22.9 Å². The maximum absolute atomic E-state index is 14.8. The Morgan fingerprint density at radius 2 is 1.60 bits per heavy atom. The molecule has 2 aromatic heterocycles. The lowest BCUT2D eigenvalue weighted by molar-refractivity contribution is 0.0365. The predicted molar refractivity (Wildman–Crippen MR) is 210 cm³/mol. The number of ether oxygens (including phenoxy) is 3. The summed E-state index contributed by atoms with van der Waals surface area (Å²) in [6.07, 6.45) is 4.65. The van der Waals surface area contributed by atoms with Crippen molar-refractivity contribution in [3.63, 3.8) is 0 Å². The van der Waals surface area contributed by atoms with Crippen molar-refractivity contribution in [2.45, 2.75) is 39.4 Å². The van der Waals surface area contributed by atoms with Crippen molar-refractivity contribution in [1.82, 2.24) is 18.9 Å². The first-order valence-corrected chi connectivity index (χ1v) is 18.8. The second-order valence-corrected chi connectivity index (χ2v) is 14.6. The molecule has 1 fully saturated rings. The van der Waals surface area contributed by atoms with Crippen molar-refractivity contribution in [2.24, 2.45) is 0 Å². The molecule has 0 unspecified atom stereocenters. The lowest BCUT2D eigenvalue weighted by Crippen LogP contribution is -2.42. The first-order chi connectivity index (χ1) is 26.8. The Labute approximate surface area is 319 Å². The molecule has 1 N–H and O–H groups in total. The van der Waals surface area contributed by atoms with Crippen LogP contribution < -0.4 is 14.4 Å². The van der Waals surface area contributed by atoms with Gasteiger partial charge in [-0.05, 0) is 92.1 Å². The van der Waals surface area contributed by atoms with Gasteiger partial charge in [-0.25, -0.2) is 0 Å². The number of aromatic hydroxyl groups is 1. The molecule has 1 atom stereocenters. The molecule has 0 saturated carbocycles. The number of carbonyl (C=O) groups is 2. The minimum Gasteiger partial charge on any atom is -0.508 e. The van der Waals surface area contributed by atoms with E-state index in [-0.39, 0.29) is 30.4 Å². The van der Waals surface area contributed by atoms with E-state index in [9.17, 15) is 14.7 Å². The van der Waals surface area contributed by atoms with Crippen molar-refractivity contribution in [2.75, 3.05) is 44.5 Å². The van der Waals surface area contributed by atoms with Gasteiger partial charge < -0.3 is 33.4 Å². The van der Waals surface area contributed by atoms with Crippen LogP contribution in [-0.4, -0.2) is 81.5 Å². The number of aromatic nitrogens is 2. The van der Waals surface area contributed by atoms with Gasteiger partial charge in [0.25, 0.3) is 11.8 Å². The summed E-state index contributed by atoms with van der Waals surface area (Å²) in [6.45, 7) is 9.77. The Bertz CT molecular complexity index is 2410. The standard InChI is InChI=1S/C44H43N5O6/c1-29-22-34(27-47(29)40-25-42-41(54-28-55-42)24-38(40)44(52)48-26-33-6-4-3-5-31(33)21-30(48)2)43(51)49(35-7-10-37(50)11-8-35)36-9-12-39-32(23-36)13-14-46(39)16-15-45-17-19-53-20-18-45/h3-14,22-25,27,30,50H,15-21,26,28H2,1-2H3/t30-/m1/s1. The van der Waals surface area contributed by atoms with Gasteiger partial charge in [0.15, 0.2) is 11.5 Å². The van der Waals surface area contributed by atoms with Gasteiger partial charge in [-0.2, -0.15) is 0 Å². The zero-order chi connectivity index (χ0) is 37.6. The SMILES string of the molecule is Cc1cc(C(=O)N(c2ccc(O)cc2)c2ccc3c(ccn3CCN3CCOCC3)c2)cn1-c1cc2c(cc1C(=O)N1Cc3ccccc3C[C@H]1C)OCO2. The Morgan fingerprint density at radius 3 is 2.40 bits per heavy atom. The average Bonchev–Trinajstić information content (AvgIpc) is 3.95. The maximum atomic E-state index is 14.8. The molecule has 3 aliphatic rings. The fourth-order valence-electron chi connectivity index (χ4n) is 8.07. The highest BCUT2D eigenvalue weighted by Crippen LogP contribution is 2.39. The third-order valence-electron chi connectivity index (χ3n) is 11.1. The van der Waals surface area contributed by atoms with Crippen LogP contribution in [0.1, 0.15) is 44.5 Å². The lowest BCUT2D eigenvalue weighted by atomic mass is 9.94. The molecule has 11 nitrogen and oxygen atoms in total. The van der Waals surface area contributed by atoms with E-state index in [1.807, 2.05) is 52.8 Å². The number of aryl methyl sites for hydroxylation is 1. The first kappa shape index (κ1) is 34.7. The van der Waals surface area contributed by atoms with E-state index in [1.54, 1.807) is 41.4 Å². The van der Waals surface area contributed by atoms with E-state index in [2.05, 4.69) is 46.9 Å². The molecular formula is C44H43N5O6. The van der Waals surface area contributed by atoms with Crippen LogP contribution in [-0.2, 0) is 24.2 Å². The van der Waals surface area contributed by atoms with Crippen LogP contribution in [0.3, 0.4) is 0 Å². The molecule has 0 spiro atoms. The fourth-order valence-corrected chi connectivity index (χ4v) is 8.07. The van der Waals surface area contributed by atoms with Crippen LogP contribution in [0, 0.1) is 6.92 Å².